The van der Waals surface area contributed by atoms with Crippen molar-refractivity contribution in [1.29, 1.82) is 0 Å². The molecule has 0 amide bonds. The summed E-state index contributed by atoms with van der Waals surface area (Å²) < 4.78 is 6.70. The number of ether oxygens (including phenoxy) is 1. The van der Waals surface area contributed by atoms with Crippen LogP contribution in [0.1, 0.15) is 0 Å². The fourth-order valence-corrected chi connectivity index (χ4v) is 4.91. The van der Waals surface area contributed by atoms with Crippen LogP contribution in [0.3, 0.4) is 0 Å². The molecule has 0 aliphatic carbocycles. The van der Waals surface area contributed by atoms with E-state index in [4.69, 9.17) is 24.7 Å². The van der Waals surface area contributed by atoms with Gasteiger partial charge in [-0.05, 0) is 60.7 Å². The first-order valence-electron chi connectivity index (χ1n) is 12.3. The molecule has 0 saturated heterocycles. The highest BCUT2D eigenvalue weighted by atomic mass is 16.5. The third-order valence-electron chi connectivity index (χ3n) is 6.50. The minimum Gasteiger partial charge on any atom is -0.452 e. The Bertz CT molecular complexity index is 1610. The van der Waals surface area contributed by atoms with Crippen molar-refractivity contribution in [3.05, 3.63) is 122 Å². The van der Waals surface area contributed by atoms with Crippen molar-refractivity contribution < 1.29 is 4.74 Å². The number of aromatic nitrogens is 4. The van der Waals surface area contributed by atoms with Crippen LogP contribution in [0.5, 0.6) is 11.5 Å². The quantitative estimate of drug-likeness (QED) is 0.271. The average molecular weight is 492 g/mol. The van der Waals surface area contributed by atoms with Crippen molar-refractivity contribution in [2.75, 3.05) is 5.32 Å². The highest BCUT2D eigenvalue weighted by molar-refractivity contribution is 6.09. The number of nitrogens with zero attached hydrogens (tertiary/aromatic N) is 4. The molecule has 1 aliphatic heterocycles. The summed E-state index contributed by atoms with van der Waals surface area (Å²) in [6, 6.07) is 31.5. The lowest BCUT2D eigenvalue weighted by Crippen LogP contribution is -2.10. The highest BCUT2D eigenvalue weighted by Crippen LogP contribution is 2.57. The maximum absolute atomic E-state index is 6.70. The molecular formula is C32H21N5O. The first-order valence-corrected chi connectivity index (χ1v) is 12.3. The third-order valence-corrected chi connectivity index (χ3v) is 6.50. The van der Waals surface area contributed by atoms with Crippen molar-refractivity contribution in [1.82, 2.24) is 19.9 Å². The van der Waals surface area contributed by atoms with Gasteiger partial charge in [-0.15, -0.1) is 0 Å². The van der Waals surface area contributed by atoms with Gasteiger partial charge in [-0.1, -0.05) is 36.4 Å². The van der Waals surface area contributed by atoms with Gasteiger partial charge >= 0.3 is 0 Å². The Kier molecular flexibility index (Phi) is 5.33. The summed E-state index contributed by atoms with van der Waals surface area (Å²) in [6.07, 6.45) is 7.20. The molecule has 38 heavy (non-hydrogen) atoms. The molecule has 0 spiro atoms. The van der Waals surface area contributed by atoms with Crippen molar-refractivity contribution in [2.24, 2.45) is 0 Å². The average Bonchev–Trinajstić information content (AvgIpc) is 3.00. The van der Waals surface area contributed by atoms with Crippen molar-refractivity contribution >= 4 is 11.4 Å². The number of nitrogens with one attached hydrogen (secondary N) is 1. The summed E-state index contributed by atoms with van der Waals surface area (Å²) in [5, 5.41) is 3.67. The van der Waals surface area contributed by atoms with Gasteiger partial charge in [0.1, 0.15) is 0 Å². The summed E-state index contributed by atoms with van der Waals surface area (Å²) in [7, 11) is 0. The Labute approximate surface area is 219 Å². The first kappa shape index (κ1) is 21.9. The molecule has 7 rings (SSSR count). The molecule has 1 N–H and O–H groups in total. The topological polar surface area (TPSA) is 72.8 Å². The van der Waals surface area contributed by atoms with E-state index in [9.17, 15) is 0 Å². The zero-order chi connectivity index (χ0) is 25.3. The standard InChI is InChI=1S/C32H21N5O/c1-2-16-26-21(11-1)37-31-29(24-14-5-9-19-35-24)27(22-12-3-7-17-33-22)28(23-13-4-8-18-34-23)30(32(31)38-26)25-15-6-10-20-36-25/h1-20,37H. The van der Waals surface area contributed by atoms with Gasteiger partial charge in [0.25, 0.3) is 0 Å². The van der Waals surface area contributed by atoms with Gasteiger partial charge in [0.05, 0.1) is 39.7 Å². The van der Waals surface area contributed by atoms with Crippen LogP contribution in [0.15, 0.2) is 122 Å². The zero-order valence-corrected chi connectivity index (χ0v) is 20.2. The van der Waals surface area contributed by atoms with Crippen LogP contribution in [0.25, 0.3) is 45.0 Å². The lowest BCUT2D eigenvalue weighted by atomic mass is 9.85. The molecule has 0 radical (unpaired) electrons. The Morgan fingerprint density at radius 1 is 0.447 bits per heavy atom. The van der Waals surface area contributed by atoms with E-state index in [0.717, 1.165) is 62.2 Å². The molecule has 0 atom stereocenters. The molecule has 2 aromatic carbocycles. The molecule has 0 unspecified atom stereocenters. The second kappa shape index (κ2) is 9.26. The minimum atomic E-state index is 0.670. The molecule has 5 heterocycles. The van der Waals surface area contributed by atoms with Gasteiger partial charge in [-0.25, -0.2) is 0 Å². The Balaban J connectivity index is 1.70. The maximum atomic E-state index is 6.70. The van der Waals surface area contributed by atoms with Crippen molar-refractivity contribution in [3.63, 3.8) is 0 Å². The van der Waals surface area contributed by atoms with E-state index >= 15 is 0 Å². The van der Waals surface area contributed by atoms with E-state index in [1.807, 2.05) is 97.1 Å². The Morgan fingerprint density at radius 2 is 0.895 bits per heavy atom. The number of hydrogen-bond donors (Lipinski definition) is 1. The molecule has 4 aromatic heterocycles. The molecule has 0 fully saturated rings. The van der Waals surface area contributed by atoms with E-state index in [2.05, 4.69) is 5.32 Å². The lowest BCUT2D eigenvalue weighted by molar-refractivity contribution is 0.483. The summed E-state index contributed by atoms with van der Waals surface area (Å²) in [6.45, 7) is 0. The van der Waals surface area contributed by atoms with Crippen LogP contribution in [-0.4, -0.2) is 19.9 Å². The number of anilines is 2. The van der Waals surface area contributed by atoms with E-state index in [1.54, 1.807) is 24.8 Å². The van der Waals surface area contributed by atoms with Gasteiger partial charge in [0.2, 0.25) is 0 Å². The Morgan fingerprint density at radius 3 is 1.42 bits per heavy atom. The first-order chi connectivity index (χ1) is 18.9. The number of rotatable bonds is 4. The molecule has 6 nitrogen and oxygen atoms in total. The van der Waals surface area contributed by atoms with E-state index in [1.165, 1.54) is 0 Å². The second-order valence-corrected chi connectivity index (χ2v) is 8.79. The van der Waals surface area contributed by atoms with Crippen LogP contribution in [-0.2, 0) is 0 Å². The fourth-order valence-electron chi connectivity index (χ4n) is 4.91. The SMILES string of the molecule is c1ccc(-c2c3c(c(-c4ccccn4)c(-c4ccccn4)c2-c2ccccn2)Oc2ccccc2N3)nc1. The van der Waals surface area contributed by atoms with Crippen molar-refractivity contribution in [3.8, 4) is 56.5 Å². The molecule has 1 aliphatic rings. The van der Waals surface area contributed by atoms with Gasteiger partial charge < -0.3 is 10.1 Å². The predicted molar refractivity (Wildman–Crippen MR) is 149 cm³/mol. The summed E-state index contributed by atoms with van der Waals surface area (Å²) in [4.78, 5) is 19.1. The highest BCUT2D eigenvalue weighted by Gasteiger charge is 2.33. The molecule has 6 heteroatoms. The van der Waals surface area contributed by atoms with Gasteiger partial charge in [0, 0.05) is 41.5 Å². The molecular weight excluding hydrogens is 470 g/mol. The smallest absolute Gasteiger partial charge is 0.161 e. The molecule has 180 valence electrons. The maximum Gasteiger partial charge on any atom is 0.161 e. The molecule has 0 saturated carbocycles. The Hall–Kier alpha value is -5.36. The monoisotopic (exact) mass is 491 g/mol. The minimum absolute atomic E-state index is 0.670. The van der Waals surface area contributed by atoms with Gasteiger partial charge in [0.15, 0.2) is 11.5 Å². The predicted octanol–water partition coefficient (Wildman–Crippen LogP) is 7.78. The van der Waals surface area contributed by atoms with Crippen LogP contribution in [0.2, 0.25) is 0 Å². The fraction of sp³-hybridized carbons (Fsp3) is 0. The van der Waals surface area contributed by atoms with Crippen molar-refractivity contribution in [2.45, 2.75) is 0 Å². The van der Waals surface area contributed by atoms with E-state index in [0.29, 0.717) is 5.75 Å². The van der Waals surface area contributed by atoms with Crippen LogP contribution < -0.4 is 10.1 Å². The number of pyridine rings is 4. The van der Waals surface area contributed by atoms with E-state index < -0.39 is 0 Å². The largest absolute Gasteiger partial charge is 0.452 e. The van der Waals surface area contributed by atoms with Crippen LogP contribution in [0, 0.1) is 0 Å². The molecule has 0 bridgehead atoms. The normalized spacial score (nSPS) is 11.6. The summed E-state index contributed by atoms with van der Waals surface area (Å²) >= 11 is 0. The van der Waals surface area contributed by atoms with Crippen LogP contribution >= 0.6 is 0 Å². The van der Waals surface area contributed by atoms with Crippen LogP contribution in [0.4, 0.5) is 11.4 Å². The number of fused-ring (bicyclic) bond motifs is 2. The number of para-hydroxylation sites is 2. The van der Waals surface area contributed by atoms with Gasteiger partial charge in [-0.2, -0.15) is 0 Å². The third kappa shape index (κ3) is 3.67. The number of benzene rings is 2. The van der Waals surface area contributed by atoms with E-state index in [-0.39, 0.29) is 0 Å². The zero-order valence-electron chi connectivity index (χ0n) is 20.2. The van der Waals surface area contributed by atoms with Gasteiger partial charge in [-0.3, -0.25) is 19.9 Å². The molecule has 6 aromatic rings. The number of hydrogen-bond acceptors (Lipinski definition) is 6. The summed E-state index contributed by atoms with van der Waals surface area (Å²) in [5.74, 6) is 1.41. The lowest BCUT2D eigenvalue weighted by Gasteiger charge is -2.30. The second-order valence-electron chi connectivity index (χ2n) is 8.79. The summed E-state index contributed by atoms with van der Waals surface area (Å²) in [5.41, 5.74) is 8.34.